The molecule has 0 saturated carbocycles. The molecule has 0 heterocycles. The minimum absolute atomic E-state index is 0.0410. The van der Waals surface area contributed by atoms with Crippen LogP contribution in [0.25, 0.3) is 0 Å². The summed E-state index contributed by atoms with van der Waals surface area (Å²) in [6.07, 6.45) is 0. The van der Waals surface area contributed by atoms with Crippen LogP contribution in [-0.4, -0.2) is 24.0 Å². The van der Waals surface area contributed by atoms with Crippen LogP contribution in [0.1, 0.15) is 13.8 Å². The first-order valence-corrected chi connectivity index (χ1v) is 6.49. The van der Waals surface area contributed by atoms with Crippen molar-refractivity contribution in [1.29, 1.82) is 0 Å². The summed E-state index contributed by atoms with van der Waals surface area (Å²) >= 11 is 1.59. The van der Waals surface area contributed by atoms with Gasteiger partial charge in [-0.25, -0.2) is 0 Å². The Hall–Kier alpha value is -1.36. The number of ether oxygens (including phenoxy) is 1. The standard InChI is InChI=1S/C12H18N2O2S/c1-4-17-8(2)12(15)14-10-7-9(13)5-6-11(10)16-3/h5-8H,4,13H2,1-3H3,(H,14,15). The lowest BCUT2D eigenvalue weighted by molar-refractivity contribution is -0.115. The minimum atomic E-state index is -0.0915. The maximum absolute atomic E-state index is 11.9. The molecule has 0 aliphatic rings. The molecule has 1 unspecified atom stereocenters. The van der Waals surface area contributed by atoms with Gasteiger partial charge in [0.1, 0.15) is 5.75 Å². The van der Waals surface area contributed by atoms with Gasteiger partial charge in [-0.05, 0) is 30.9 Å². The molecule has 1 aromatic carbocycles. The number of hydrogen-bond donors (Lipinski definition) is 2. The lowest BCUT2D eigenvalue weighted by atomic mass is 10.2. The molecule has 94 valence electrons. The fourth-order valence-electron chi connectivity index (χ4n) is 1.38. The van der Waals surface area contributed by atoms with E-state index in [0.717, 1.165) is 5.75 Å². The fraction of sp³-hybridized carbons (Fsp3) is 0.417. The van der Waals surface area contributed by atoms with Gasteiger partial charge in [0.15, 0.2) is 0 Å². The maximum Gasteiger partial charge on any atom is 0.237 e. The van der Waals surface area contributed by atoms with Crippen LogP contribution in [0, 0.1) is 0 Å². The highest BCUT2D eigenvalue weighted by Gasteiger charge is 2.14. The number of carbonyl (C=O) groups excluding carboxylic acids is 1. The van der Waals surface area contributed by atoms with E-state index in [4.69, 9.17) is 10.5 Å². The van der Waals surface area contributed by atoms with Crippen LogP contribution in [-0.2, 0) is 4.79 Å². The van der Waals surface area contributed by atoms with Gasteiger partial charge in [0.2, 0.25) is 5.91 Å². The Morgan fingerprint density at radius 2 is 2.29 bits per heavy atom. The number of nitrogen functional groups attached to an aromatic ring is 1. The first-order valence-electron chi connectivity index (χ1n) is 5.44. The number of benzene rings is 1. The number of nitrogens with one attached hydrogen (secondary N) is 1. The van der Waals surface area contributed by atoms with Crippen LogP contribution in [0.4, 0.5) is 11.4 Å². The second kappa shape index (κ2) is 6.39. The monoisotopic (exact) mass is 254 g/mol. The van der Waals surface area contributed by atoms with Crippen molar-refractivity contribution in [3.63, 3.8) is 0 Å². The maximum atomic E-state index is 11.9. The van der Waals surface area contributed by atoms with Crippen LogP contribution >= 0.6 is 11.8 Å². The Morgan fingerprint density at radius 3 is 2.88 bits per heavy atom. The zero-order valence-corrected chi connectivity index (χ0v) is 11.1. The molecule has 1 atom stereocenters. The normalized spacial score (nSPS) is 11.9. The Morgan fingerprint density at radius 1 is 1.59 bits per heavy atom. The molecule has 17 heavy (non-hydrogen) atoms. The summed E-state index contributed by atoms with van der Waals surface area (Å²) < 4.78 is 5.16. The van der Waals surface area contributed by atoms with Gasteiger partial charge >= 0.3 is 0 Å². The van der Waals surface area contributed by atoms with Crippen molar-refractivity contribution in [2.45, 2.75) is 19.1 Å². The summed E-state index contributed by atoms with van der Waals surface area (Å²) in [7, 11) is 1.56. The first-order chi connectivity index (χ1) is 8.08. The fourth-order valence-corrected chi connectivity index (χ4v) is 2.09. The molecule has 0 radical (unpaired) electrons. The van der Waals surface area contributed by atoms with Gasteiger partial charge in [0.25, 0.3) is 0 Å². The van der Waals surface area contributed by atoms with Gasteiger partial charge in [-0.15, -0.1) is 11.8 Å². The van der Waals surface area contributed by atoms with E-state index in [1.54, 1.807) is 37.1 Å². The average molecular weight is 254 g/mol. The lowest BCUT2D eigenvalue weighted by Gasteiger charge is -2.14. The predicted octanol–water partition coefficient (Wildman–Crippen LogP) is 2.36. The molecule has 0 aromatic heterocycles. The molecule has 0 aliphatic heterocycles. The van der Waals surface area contributed by atoms with E-state index in [9.17, 15) is 4.79 Å². The number of amides is 1. The van der Waals surface area contributed by atoms with E-state index in [1.807, 2.05) is 13.8 Å². The van der Waals surface area contributed by atoms with E-state index in [-0.39, 0.29) is 11.2 Å². The van der Waals surface area contributed by atoms with Crippen LogP contribution in [0.3, 0.4) is 0 Å². The molecule has 0 fully saturated rings. The molecule has 0 bridgehead atoms. The summed E-state index contributed by atoms with van der Waals surface area (Å²) in [5, 5.41) is 2.73. The van der Waals surface area contributed by atoms with E-state index >= 15 is 0 Å². The van der Waals surface area contributed by atoms with Crippen LogP contribution < -0.4 is 15.8 Å². The van der Waals surface area contributed by atoms with Crippen molar-refractivity contribution in [2.24, 2.45) is 0 Å². The van der Waals surface area contributed by atoms with E-state index in [2.05, 4.69) is 5.32 Å². The van der Waals surface area contributed by atoms with Gasteiger partial charge in [0, 0.05) is 5.69 Å². The summed E-state index contributed by atoms with van der Waals surface area (Å²) in [6, 6.07) is 5.17. The van der Waals surface area contributed by atoms with E-state index in [0.29, 0.717) is 17.1 Å². The Balaban J connectivity index is 2.79. The van der Waals surface area contributed by atoms with E-state index in [1.165, 1.54) is 0 Å². The molecular formula is C12H18N2O2S. The van der Waals surface area contributed by atoms with Gasteiger partial charge in [0.05, 0.1) is 18.0 Å². The SMILES string of the molecule is CCSC(C)C(=O)Nc1cc(N)ccc1OC. The largest absolute Gasteiger partial charge is 0.495 e. The highest BCUT2D eigenvalue weighted by atomic mass is 32.2. The summed E-state index contributed by atoms with van der Waals surface area (Å²) in [6.45, 7) is 3.90. The number of nitrogens with two attached hydrogens (primary N) is 1. The Labute approximate surface area is 106 Å². The van der Waals surface area contributed by atoms with Crippen molar-refractivity contribution in [3.05, 3.63) is 18.2 Å². The second-order valence-corrected chi connectivity index (χ2v) is 5.16. The van der Waals surface area contributed by atoms with Crippen molar-refractivity contribution >= 4 is 29.0 Å². The summed E-state index contributed by atoms with van der Waals surface area (Å²) in [4.78, 5) is 11.9. The zero-order valence-electron chi connectivity index (χ0n) is 10.3. The van der Waals surface area contributed by atoms with Gasteiger partial charge in [-0.3, -0.25) is 4.79 Å². The van der Waals surface area contributed by atoms with Crippen molar-refractivity contribution in [1.82, 2.24) is 0 Å². The molecule has 4 nitrogen and oxygen atoms in total. The molecule has 1 amide bonds. The highest BCUT2D eigenvalue weighted by molar-refractivity contribution is 8.00. The molecule has 1 rings (SSSR count). The Kier molecular flexibility index (Phi) is 5.15. The summed E-state index contributed by atoms with van der Waals surface area (Å²) in [5.74, 6) is 1.48. The first kappa shape index (κ1) is 13.7. The van der Waals surface area contributed by atoms with Crippen LogP contribution in [0.15, 0.2) is 18.2 Å². The third-order valence-corrected chi connectivity index (χ3v) is 3.31. The molecule has 3 N–H and O–H groups in total. The zero-order chi connectivity index (χ0) is 12.8. The van der Waals surface area contributed by atoms with Crippen LogP contribution in [0.2, 0.25) is 0 Å². The number of methoxy groups -OCH3 is 1. The molecule has 5 heteroatoms. The lowest BCUT2D eigenvalue weighted by Crippen LogP contribution is -2.23. The van der Waals surface area contributed by atoms with Crippen molar-refractivity contribution < 1.29 is 9.53 Å². The average Bonchev–Trinajstić information content (AvgIpc) is 2.29. The number of rotatable bonds is 5. The van der Waals surface area contributed by atoms with Gasteiger partial charge in [-0.1, -0.05) is 6.92 Å². The molecule has 0 saturated heterocycles. The number of hydrogen-bond acceptors (Lipinski definition) is 4. The van der Waals surface area contributed by atoms with Gasteiger partial charge < -0.3 is 15.8 Å². The Bertz CT molecular complexity index is 396. The number of anilines is 2. The third-order valence-electron chi connectivity index (χ3n) is 2.27. The molecule has 1 aromatic rings. The van der Waals surface area contributed by atoms with Crippen LogP contribution in [0.5, 0.6) is 5.75 Å². The minimum Gasteiger partial charge on any atom is -0.495 e. The smallest absolute Gasteiger partial charge is 0.237 e. The summed E-state index contributed by atoms with van der Waals surface area (Å²) in [5.41, 5.74) is 6.89. The molecule has 0 aliphatic carbocycles. The van der Waals surface area contributed by atoms with E-state index < -0.39 is 0 Å². The molecule has 0 spiro atoms. The third kappa shape index (κ3) is 3.85. The number of carbonyl (C=O) groups is 1. The number of thioether (sulfide) groups is 1. The second-order valence-electron chi connectivity index (χ2n) is 3.55. The highest BCUT2D eigenvalue weighted by Crippen LogP contribution is 2.27. The van der Waals surface area contributed by atoms with Gasteiger partial charge in [-0.2, -0.15) is 0 Å². The van der Waals surface area contributed by atoms with Crippen molar-refractivity contribution in [2.75, 3.05) is 23.9 Å². The van der Waals surface area contributed by atoms with Crippen molar-refractivity contribution in [3.8, 4) is 5.75 Å². The quantitative estimate of drug-likeness (QED) is 0.792. The topological polar surface area (TPSA) is 64.4 Å². The molecular weight excluding hydrogens is 236 g/mol. The predicted molar refractivity (Wildman–Crippen MR) is 73.6 cm³/mol.